The normalized spacial score (nSPS) is 25.2. The second-order valence-corrected chi connectivity index (χ2v) is 6.55. The average molecular weight is 298 g/mol. The summed E-state index contributed by atoms with van der Waals surface area (Å²) in [6.45, 7) is 9.71. The third-order valence-electron chi connectivity index (χ3n) is 3.28. The summed E-state index contributed by atoms with van der Waals surface area (Å²) in [7, 11) is 0. The van der Waals surface area contributed by atoms with Crippen LogP contribution in [0, 0.1) is 0 Å². The maximum Gasteiger partial charge on any atom is 0.151 e. The van der Waals surface area contributed by atoms with Gasteiger partial charge in [-0.3, -0.25) is 0 Å². The van der Waals surface area contributed by atoms with Crippen molar-refractivity contribution in [3.05, 3.63) is 29.8 Å². The molecular weight excluding hydrogens is 278 g/mol. The van der Waals surface area contributed by atoms with E-state index >= 15 is 0 Å². The highest BCUT2D eigenvalue weighted by Gasteiger charge is 2.40. The number of rotatable bonds is 1. The van der Waals surface area contributed by atoms with Crippen LogP contribution < -0.4 is 4.84 Å². The van der Waals surface area contributed by atoms with Gasteiger partial charge in [-0.2, -0.15) is 0 Å². The van der Waals surface area contributed by atoms with Crippen LogP contribution in [-0.2, 0) is 5.41 Å². The van der Waals surface area contributed by atoms with E-state index in [4.69, 9.17) is 4.84 Å². The second-order valence-electron chi connectivity index (χ2n) is 5.99. The van der Waals surface area contributed by atoms with Gasteiger partial charge in [-0.05, 0) is 26.8 Å². The predicted molar refractivity (Wildman–Crippen MR) is 74.7 cm³/mol. The molecule has 1 aromatic rings. The van der Waals surface area contributed by atoms with Crippen LogP contribution in [0.25, 0.3) is 0 Å². The first-order chi connectivity index (χ1) is 7.87. The maximum absolute atomic E-state index is 6.01. The van der Waals surface area contributed by atoms with Gasteiger partial charge in [0.25, 0.3) is 0 Å². The maximum atomic E-state index is 6.01. The molecule has 1 aromatic carbocycles. The van der Waals surface area contributed by atoms with E-state index in [9.17, 15) is 0 Å². The van der Waals surface area contributed by atoms with Crippen LogP contribution in [0.3, 0.4) is 0 Å². The lowest BCUT2D eigenvalue weighted by molar-refractivity contribution is -0.148. The van der Waals surface area contributed by atoms with Crippen molar-refractivity contribution in [2.75, 3.05) is 11.9 Å². The summed E-state index contributed by atoms with van der Waals surface area (Å²) in [5.41, 5.74) is 1.40. The molecule has 1 atom stereocenters. The number of fused-ring (bicyclic) bond motifs is 1. The van der Waals surface area contributed by atoms with Crippen LogP contribution in [-0.4, -0.2) is 22.5 Å². The fourth-order valence-electron chi connectivity index (χ4n) is 2.09. The molecule has 0 N–H and O–H groups in total. The van der Waals surface area contributed by atoms with Crippen molar-refractivity contribution >= 4 is 15.9 Å². The minimum Gasteiger partial charge on any atom is -0.405 e. The summed E-state index contributed by atoms with van der Waals surface area (Å²) >= 11 is 3.65. The van der Waals surface area contributed by atoms with Crippen LogP contribution in [0.4, 0.5) is 0 Å². The van der Waals surface area contributed by atoms with E-state index in [-0.39, 0.29) is 11.0 Å². The fraction of sp³-hybridized carbons (Fsp3) is 0.571. The van der Waals surface area contributed by atoms with Gasteiger partial charge in [-0.25, -0.2) is 0 Å². The molecule has 0 saturated heterocycles. The van der Waals surface area contributed by atoms with Crippen LogP contribution in [0.5, 0.6) is 5.75 Å². The van der Waals surface area contributed by atoms with Crippen LogP contribution in [0.1, 0.15) is 33.3 Å². The Bertz CT molecular complexity index is 413. The van der Waals surface area contributed by atoms with Gasteiger partial charge in [0, 0.05) is 28.4 Å². The van der Waals surface area contributed by atoms with Gasteiger partial charge in [-0.15, -0.1) is 5.06 Å². The Labute approximate surface area is 112 Å². The molecule has 0 bridgehead atoms. The summed E-state index contributed by atoms with van der Waals surface area (Å²) in [4.78, 5) is 6.01. The van der Waals surface area contributed by atoms with Gasteiger partial charge in [0.1, 0.15) is 0 Å². The molecule has 0 saturated carbocycles. The number of alkyl halides is 1. The summed E-state index contributed by atoms with van der Waals surface area (Å²) in [5, 5.41) is 3.02. The topological polar surface area (TPSA) is 12.5 Å². The van der Waals surface area contributed by atoms with E-state index in [0.29, 0.717) is 0 Å². The molecule has 0 spiro atoms. The Kier molecular flexibility index (Phi) is 3.25. The van der Waals surface area contributed by atoms with Gasteiger partial charge in [-0.1, -0.05) is 41.1 Å². The Hall–Kier alpha value is -0.540. The number of hydroxylamine groups is 2. The first-order valence-electron chi connectivity index (χ1n) is 5.98. The van der Waals surface area contributed by atoms with E-state index in [0.717, 1.165) is 17.6 Å². The number of hydrogen-bond donors (Lipinski definition) is 0. The van der Waals surface area contributed by atoms with E-state index in [1.807, 2.05) is 12.1 Å². The largest absolute Gasteiger partial charge is 0.405 e. The van der Waals surface area contributed by atoms with Crippen molar-refractivity contribution < 1.29 is 4.84 Å². The van der Waals surface area contributed by atoms with Gasteiger partial charge >= 0.3 is 0 Å². The second kappa shape index (κ2) is 4.29. The third-order valence-corrected chi connectivity index (χ3v) is 4.52. The highest BCUT2D eigenvalue weighted by atomic mass is 79.9. The molecule has 0 aromatic heterocycles. The van der Waals surface area contributed by atoms with Crippen molar-refractivity contribution in [3.8, 4) is 5.75 Å². The highest BCUT2D eigenvalue weighted by molar-refractivity contribution is 9.09. The summed E-state index contributed by atoms with van der Waals surface area (Å²) in [6, 6.07) is 8.32. The predicted octanol–water partition coefficient (Wildman–Crippen LogP) is 3.75. The Morgan fingerprint density at radius 2 is 2.00 bits per heavy atom. The summed E-state index contributed by atoms with van der Waals surface area (Å²) in [6.07, 6.45) is 0. The SMILES string of the molecule is CC1(CBr)CN(C(C)(C)C)Oc2ccccc21. The van der Waals surface area contributed by atoms with Crippen LogP contribution in [0.2, 0.25) is 0 Å². The van der Waals surface area contributed by atoms with E-state index < -0.39 is 0 Å². The molecule has 1 unspecified atom stereocenters. The minimum absolute atomic E-state index is 0.0109. The molecular formula is C14H20BrNO. The van der Waals surface area contributed by atoms with Gasteiger partial charge in [0.2, 0.25) is 0 Å². The fourth-order valence-corrected chi connectivity index (χ4v) is 2.57. The van der Waals surface area contributed by atoms with E-state index in [1.54, 1.807) is 0 Å². The average Bonchev–Trinajstić information content (AvgIpc) is 2.28. The van der Waals surface area contributed by atoms with Crippen molar-refractivity contribution in [1.82, 2.24) is 5.06 Å². The van der Waals surface area contributed by atoms with Crippen LogP contribution in [0.15, 0.2) is 24.3 Å². The molecule has 1 aliphatic rings. The van der Waals surface area contributed by atoms with Crippen LogP contribution >= 0.6 is 15.9 Å². The number of para-hydroxylation sites is 1. The van der Waals surface area contributed by atoms with Gasteiger partial charge < -0.3 is 4.84 Å². The highest BCUT2D eigenvalue weighted by Crippen LogP contribution is 2.40. The third kappa shape index (κ3) is 2.36. The van der Waals surface area contributed by atoms with E-state index in [2.05, 4.69) is 60.8 Å². The molecule has 0 amide bonds. The minimum atomic E-state index is 0.0109. The Morgan fingerprint density at radius 1 is 1.35 bits per heavy atom. The number of halogens is 1. The van der Waals surface area contributed by atoms with Crippen molar-refractivity contribution in [3.63, 3.8) is 0 Å². The summed E-state index contributed by atoms with van der Waals surface area (Å²) < 4.78 is 0. The molecule has 0 aliphatic carbocycles. The van der Waals surface area contributed by atoms with Crippen molar-refractivity contribution in [2.45, 2.75) is 38.6 Å². The zero-order valence-corrected chi connectivity index (χ0v) is 12.5. The lowest BCUT2D eigenvalue weighted by Crippen LogP contribution is -2.54. The number of benzene rings is 1. The summed E-state index contributed by atoms with van der Waals surface area (Å²) in [5.74, 6) is 0.982. The first kappa shape index (κ1) is 12.9. The monoisotopic (exact) mass is 297 g/mol. The molecule has 0 radical (unpaired) electrons. The Balaban J connectivity index is 2.44. The first-order valence-corrected chi connectivity index (χ1v) is 7.10. The van der Waals surface area contributed by atoms with Crippen molar-refractivity contribution in [1.29, 1.82) is 0 Å². The number of nitrogens with zero attached hydrogens (tertiary/aromatic N) is 1. The number of hydrogen-bond acceptors (Lipinski definition) is 2. The molecule has 3 heteroatoms. The molecule has 1 heterocycles. The van der Waals surface area contributed by atoms with Crippen molar-refractivity contribution in [2.24, 2.45) is 0 Å². The van der Waals surface area contributed by atoms with Gasteiger partial charge in [0.15, 0.2) is 5.75 Å². The quantitative estimate of drug-likeness (QED) is 0.732. The molecule has 94 valence electrons. The Morgan fingerprint density at radius 3 is 2.59 bits per heavy atom. The zero-order valence-electron chi connectivity index (χ0n) is 11.0. The molecule has 0 fully saturated rings. The molecule has 1 aliphatic heterocycles. The molecule has 2 nitrogen and oxygen atoms in total. The zero-order chi connectivity index (χ0) is 12.7. The molecule has 17 heavy (non-hydrogen) atoms. The standard InChI is InChI=1S/C14H20BrNO/c1-13(2,3)16-10-14(4,9-15)11-7-5-6-8-12(11)17-16/h5-8H,9-10H2,1-4H3. The smallest absolute Gasteiger partial charge is 0.151 e. The lowest BCUT2D eigenvalue weighted by atomic mass is 9.82. The lowest BCUT2D eigenvalue weighted by Gasteiger charge is -2.45. The van der Waals surface area contributed by atoms with Gasteiger partial charge in [0.05, 0.1) is 0 Å². The van der Waals surface area contributed by atoms with E-state index in [1.165, 1.54) is 5.56 Å². The molecule has 2 rings (SSSR count).